The van der Waals surface area contributed by atoms with Gasteiger partial charge in [-0.1, -0.05) is 36.4 Å². The lowest BCUT2D eigenvalue weighted by Crippen LogP contribution is -2.52. The van der Waals surface area contributed by atoms with Gasteiger partial charge in [0.25, 0.3) is 0 Å². The molecule has 0 radical (unpaired) electrons. The first-order chi connectivity index (χ1) is 8.83. The average Bonchev–Trinajstić information content (AvgIpc) is 2.47. The molecule has 1 heterocycles. The monoisotopic (exact) mass is 247 g/mol. The van der Waals surface area contributed by atoms with E-state index in [-0.39, 0.29) is 5.54 Å². The summed E-state index contributed by atoms with van der Waals surface area (Å²) in [6, 6.07) is 10.4. The van der Waals surface area contributed by atoms with E-state index in [4.69, 9.17) is 9.47 Å². The lowest BCUT2D eigenvalue weighted by atomic mass is 9.88. The third-order valence-electron chi connectivity index (χ3n) is 3.55. The maximum absolute atomic E-state index is 5.45. The smallest absolute Gasteiger partial charge is 0.0881 e. The lowest BCUT2D eigenvalue weighted by Gasteiger charge is -2.43. The molecule has 3 nitrogen and oxygen atoms in total. The molecular formula is C15H21NO2. The lowest BCUT2D eigenvalue weighted by molar-refractivity contribution is -0.0342. The average molecular weight is 247 g/mol. The third-order valence-corrected chi connectivity index (χ3v) is 3.55. The van der Waals surface area contributed by atoms with E-state index >= 15 is 0 Å². The minimum Gasteiger partial charge on any atom is -0.382 e. The van der Waals surface area contributed by atoms with Gasteiger partial charge in [0.15, 0.2) is 0 Å². The molecule has 0 amide bonds. The summed E-state index contributed by atoms with van der Waals surface area (Å²) in [5.74, 6) is 0. The summed E-state index contributed by atoms with van der Waals surface area (Å²) in [6.45, 7) is 8.01. The van der Waals surface area contributed by atoms with Crippen LogP contribution in [0.15, 0.2) is 43.0 Å². The number of benzene rings is 1. The standard InChI is InChI=1S/C15H21NO2/c1-3-15(13-17-2,14-7-5-4-6-8-14)16-9-11-18-12-10-16/h3-8H,1,9-13H2,2H3. The Morgan fingerprint density at radius 3 is 2.56 bits per heavy atom. The van der Waals surface area contributed by atoms with E-state index < -0.39 is 0 Å². The second-order valence-electron chi connectivity index (χ2n) is 4.53. The van der Waals surface area contributed by atoms with E-state index in [0.717, 1.165) is 26.3 Å². The van der Waals surface area contributed by atoms with Crippen molar-refractivity contribution >= 4 is 0 Å². The summed E-state index contributed by atoms with van der Waals surface area (Å²) < 4.78 is 10.9. The molecule has 1 unspecified atom stereocenters. The first kappa shape index (κ1) is 13.3. The summed E-state index contributed by atoms with van der Waals surface area (Å²) in [7, 11) is 1.74. The van der Waals surface area contributed by atoms with Crippen molar-refractivity contribution in [2.24, 2.45) is 0 Å². The number of morpholine rings is 1. The molecule has 0 bridgehead atoms. The second-order valence-corrected chi connectivity index (χ2v) is 4.53. The molecule has 98 valence electrons. The summed E-state index contributed by atoms with van der Waals surface area (Å²) in [5, 5.41) is 0. The van der Waals surface area contributed by atoms with Crippen LogP contribution in [0.25, 0.3) is 0 Å². The summed E-state index contributed by atoms with van der Waals surface area (Å²) in [5.41, 5.74) is 0.975. The fraction of sp³-hybridized carbons (Fsp3) is 0.467. The van der Waals surface area contributed by atoms with Gasteiger partial charge in [0, 0.05) is 20.2 Å². The number of rotatable bonds is 5. The predicted octanol–water partition coefficient (Wildman–Crippen LogP) is 2.05. The van der Waals surface area contributed by atoms with Gasteiger partial charge in [0.1, 0.15) is 0 Å². The molecule has 3 heteroatoms. The highest BCUT2D eigenvalue weighted by Gasteiger charge is 2.36. The van der Waals surface area contributed by atoms with Gasteiger partial charge < -0.3 is 9.47 Å². The largest absolute Gasteiger partial charge is 0.382 e. The van der Waals surface area contributed by atoms with Crippen LogP contribution in [0.2, 0.25) is 0 Å². The molecule has 0 aromatic heterocycles. The van der Waals surface area contributed by atoms with Crippen LogP contribution >= 0.6 is 0 Å². The van der Waals surface area contributed by atoms with Crippen molar-refractivity contribution in [3.05, 3.63) is 48.6 Å². The Hall–Kier alpha value is -1.16. The van der Waals surface area contributed by atoms with Gasteiger partial charge >= 0.3 is 0 Å². The Morgan fingerprint density at radius 2 is 2.00 bits per heavy atom. The number of hydrogen-bond acceptors (Lipinski definition) is 3. The highest BCUT2D eigenvalue weighted by molar-refractivity contribution is 5.30. The van der Waals surface area contributed by atoms with Crippen LogP contribution in [-0.2, 0) is 15.0 Å². The van der Waals surface area contributed by atoms with E-state index in [2.05, 4.69) is 35.7 Å². The van der Waals surface area contributed by atoms with Gasteiger partial charge in [0.2, 0.25) is 0 Å². The van der Waals surface area contributed by atoms with E-state index in [1.54, 1.807) is 7.11 Å². The van der Waals surface area contributed by atoms with Gasteiger partial charge in [-0.3, -0.25) is 4.90 Å². The van der Waals surface area contributed by atoms with Crippen molar-refractivity contribution < 1.29 is 9.47 Å². The van der Waals surface area contributed by atoms with Gasteiger partial charge in [0.05, 0.1) is 25.4 Å². The van der Waals surface area contributed by atoms with Crippen molar-refractivity contribution in [3.8, 4) is 0 Å². The van der Waals surface area contributed by atoms with Gasteiger partial charge in [-0.15, -0.1) is 6.58 Å². The zero-order chi connectivity index (χ0) is 12.8. The maximum Gasteiger partial charge on any atom is 0.0881 e. The Morgan fingerprint density at radius 1 is 1.33 bits per heavy atom. The van der Waals surface area contributed by atoms with E-state index in [9.17, 15) is 0 Å². The first-order valence-electron chi connectivity index (χ1n) is 6.34. The molecule has 1 saturated heterocycles. The molecule has 0 aliphatic carbocycles. The molecule has 1 aromatic carbocycles. The van der Waals surface area contributed by atoms with Crippen molar-refractivity contribution in [2.45, 2.75) is 5.54 Å². The van der Waals surface area contributed by atoms with Crippen LogP contribution in [-0.4, -0.2) is 44.9 Å². The SMILES string of the molecule is C=CC(COC)(c1ccccc1)N1CCOCC1. The number of hydrogen-bond donors (Lipinski definition) is 0. The fourth-order valence-electron chi connectivity index (χ4n) is 2.57. The van der Waals surface area contributed by atoms with Crippen LogP contribution in [0.4, 0.5) is 0 Å². The molecule has 1 aliphatic heterocycles. The van der Waals surface area contributed by atoms with Crippen LogP contribution in [0, 0.1) is 0 Å². The Kier molecular flexibility index (Phi) is 4.53. The van der Waals surface area contributed by atoms with Crippen molar-refractivity contribution in [3.63, 3.8) is 0 Å². The van der Waals surface area contributed by atoms with Crippen LogP contribution in [0.1, 0.15) is 5.56 Å². The van der Waals surface area contributed by atoms with E-state index in [0.29, 0.717) is 6.61 Å². The number of ether oxygens (including phenoxy) is 2. The predicted molar refractivity (Wildman–Crippen MR) is 72.6 cm³/mol. The topological polar surface area (TPSA) is 21.7 Å². The number of methoxy groups -OCH3 is 1. The molecule has 1 fully saturated rings. The molecule has 1 aromatic rings. The quantitative estimate of drug-likeness (QED) is 0.743. The van der Waals surface area contributed by atoms with Crippen molar-refractivity contribution in [1.82, 2.24) is 4.90 Å². The minimum absolute atomic E-state index is 0.250. The van der Waals surface area contributed by atoms with Crippen molar-refractivity contribution in [2.75, 3.05) is 40.0 Å². The van der Waals surface area contributed by atoms with Gasteiger partial charge in [-0.2, -0.15) is 0 Å². The van der Waals surface area contributed by atoms with Crippen LogP contribution < -0.4 is 0 Å². The van der Waals surface area contributed by atoms with E-state index in [1.165, 1.54) is 5.56 Å². The van der Waals surface area contributed by atoms with Crippen molar-refractivity contribution in [1.29, 1.82) is 0 Å². The zero-order valence-electron chi connectivity index (χ0n) is 11.0. The summed E-state index contributed by atoms with van der Waals surface area (Å²) >= 11 is 0. The minimum atomic E-state index is -0.250. The highest BCUT2D eigenvalue weighted by atomic mass is 16.5. The van der Waals surface area contributed by atoms with Gasteiger partial charge in [-0.25, -0.2) is 0 Å². The molecule has 2 rings (SSSR count). The van der Waals surface area contributed by atoms with Gasteiger partial charge in [-0.05, 0) is 5.56 Å². The molecule has 18 heavy (non-hydrogen) atoms. The molecule has 0 saturated carbocycles. The fourth-order valence-corrected chi connectivity index (χ4v) is 2.57. The third kappa shape index (κ3) is 2.48. The Balaban J connectivity index is 2.35. The highest BCUT2D eigenvalue weighted by Crippen LogP contribution is 2.31. The molecule has 0 N–H and O–H groups in total. The second kappa shape index (κ2) is 6.14. The summed E-state index contributed by atoms with van der Waals surface area (Å²) in [6.07, 6.45) is 2.00. The Labute approximate surface area is 109 Å². The zero-order valence-corrected chi connectivity index (χ0v) is 11.0. The molecule has 1 aliphatic rings. The van der Waals surface area contributed by atoms with E-state index in [1.807, 2.05) is 12.1 Å². The first-order valence-corrected chi connectivity index (χ1v) is 6.34. The maximum atomic E-state index is 5.45. The normalized spacial score (nSPS) is 20.3. The Bertz CT molecular complexity index is 373. The van der Waals surface area contributed by atoms with Crippen LogP contribution in [0.3, 0.4) is 0 Å². The summed E-state index contributed by atoms with van der Waals surface area (Å²) in [4.78, 5) is 2.39. The van der Waals surface area contributed by atoms with Crippen LogP contribution in [0.5, 0.6) is 0 Å². The molecule has 0 spiro atoms. The molecular weight excluding hydrogens is 226 g/mol. The number of nitrogens with zero attached hydrogens (tertiary/aromatic N) is 1. The molecule has 1 atom stereocenters.